The Morgan fingerprint density at radius 2 is 1.67 bits per heavy atom. The van der Waals surface area contributed by atoms with Gasteiger partial charge in [0.05, 0.1) is 11.3 Å². The summed E-state index contributed by atoms with van der Waals surface area (Å²) in [6, 6.07) is 21.6. The molecule has 0 fully saturated rings. The number of Topliss-reactive ketones (excluding diaryl/α,β-unsaturated/α-hetero) is 1. The number of aryl methyl sites for hydroxylation is 1. The van der Waals surface area contributed by atoms with Crippen LogP contribution in [0.4, 0.5) is 0 Å². The third-order valence-electron chi connectivity index (χ3n) is 3.90. The number of carbonyl (C=O) groups excluding carboxylic acids is 1. The Labute approximate surface area is 141 Å². The number of pyridine rings is 1. The summed E-state index contributed by atoms with van der Waals surface area (Å²) in [7, 11) is 0. The molecule has 3 heteroatoms. The monoisotopic (exact) mass is 312 g/mol. The van der Waals surface area contributed by atoms with Crippen molar-refractivity contribution in [3.05, 3.63) is 77.5 Å². The second-order valence-electron chi connectivity index (χ2n) is 5.68. The normalized spacial score (nSPS) is 10.2. The summed E-state index contributed by atoms with van der Waals surface area (Å²) in [5.74, 6) is -0.210. The average Bonchev–Trinajstić information content (AvgIpc) is 2.62. The number of benzene rings is 2. The fourth-order valence-corrected chi connectivity index (χ4v) is 2.63. The van der Waals surface area contributed by atoms with Crippen LogP contribution in [-0.2, 0) is 0 Å². The van der Waals surface area contributed by atoms with Crippen molar-refractivity contribution in [3.63, 3.8) is 0 Å². The molecule has 0 spiro atoms. The first-order valence-corrected chi connectivity index (χ1v) is 7.68. The minimum Gasteiger partial charge on any atom is -0.293 e. The summed E-state index contributed by atoms with van der Waals surface area (Å²) < 4.78 is 0. The summed E-state index contributed by atoms with van der Waals surface area (Å²) in [5, 5.41) is 9.57. The topological polar surface area (TPSA) is 53.8 Å². The van der Waals surface area contributed by atoms with Crippen LogP contribution in [0.3, 0.4) is 0 Å². The van der Waals surface area contributed by atoms with Gasteiger partial charge in [0.1, 0.15) is 11.8 Å². The zero-order valence-corrected chi connectivity index (χ0v) is 13.6. The van der Waals surface area contributed by atoms with Crippen molar-refractivity contribution in [3.8, 4) is 28.5 Å². The van der Waals surface area contributed by atoms with E-state index >= 15 is 0 Å². The molecule has 0 radical (unpaired) electrons. The molecule has 0 aliphatic rings. The summed E-state index contributed by atoms with van der Waals surface area (Å²) in [5.41, 5.74) is 4.94. The van der Waals surface area contributed by atoms with Crippen molar-refractivity contribution in [2.45, 2.75) is 13.8 Å². The number of nitrogens with zero attached hydrogens (tertiary/aromatic N) is 2. The van der Waals surface area contributed by atoms with Gasteiger partial charge in [-0.25, -0.2) is 4.98 Å². The van der Waals surface area contributed by atoms with Gasteiger partial charge in [0, 0.05) is 18.1 Å². The molecule has 0 N–H and O–H groups in total. The molecule has 1 aromatic heterocycles. The Morgan fingerprint density at radius 1 is 1.00 bits per heavy atom. The zero-order valence-electron chi connectivity index (χ0n) is 13.6. The summed E-state index contributed by atoms with van der Waals surface area (Å²) in [6.45, 7) is 3.46. The highest BCUT2D eigenvalue weighted by Crippen LogP contribution is 2.30. The molecule has 0 atom stereocenters. The van der Waals surface area contributed by atoms with E-state index in [1.165, 1.54) is 6.92 Å². The molecule has 0 saturated heterocycles. The predicted molar refractivity (Wildman–Crippen MR) is 94.6 cm³/mol. The molecular formula is C21H16N2O. The first-order valence-electron chi connectivity index (χ1n) is 7.68. The van der Waals surface area contributed by atoms with Crippen LogP contribution >= 0.6 is 0 Å². The van der Waals surface area contributed by atoms with Crippen LogP contribution in [0.15, 0.2) is 60.7 Å². The lowest BCUT2D eigenvalue weighted by Gasteiger charge is -2.11. The quantitative estimate of drug-likeness (QED) is 0.653. The van der Waals surface area contributed by atoms with Crippen molar-refractivity contribution >= 4 is 5.78 Å². The van der Waals surface area contributed by atoms with Crippen molar-refractivity contribution in [1.29, 1.82) is 5.26 Å². The van der Waals surface area contributed by atoms with Gasteiger partial charge < -0.3 is 0 Å². The van der Waals surface area contributed by atoms with E-state index in [9.17, 15) is 10.1 Å². The molecule has 3 nitrogen and oxygen atoms in total. The van der Waals surface area contributed by atoms with Crippen molar-refractivity contribution < 1.29 is 4.79 Å². The number of nitriles is 1. The SMILES string of the molecule is CC(=O)c1nc(-c2ccc(C)cc2)cc(-c2ccccc2)c1C#N. The number of hydrogen-bond donors (Lipinski definition) is 0. The van der Waals surface area contributed by atoms with Crippen LogP contribution in [0.25, 0.3) is 22.4 Å². The van der Waals surface area contributed by atoms with Crippen LogP contribution in [0.2, 0.25) is 0 Å². The minimum absolute atomic E-state index is 0.210. The van der Waals surface area contributed by atoms with E-state index in [-0.39, 0.29) is 11.5 Å². The molecule has 2 aromatic carbocycles. The van der Waals surface area contributed by atoms with Crippen LogP contribution in [0, 0.1) is 18.3 Å². The highest BCUT2D eigenvalue weighted by atomic mass is 16.1. The second-order valence-corrected chi connectivity index (χ2v) is 5.68. The van der Waals surface area contributed by atoms with Crippen molar-refractivity contribution in [2.75, 3.05) is 0 Å². The van der Waals surface area contributed by atoms with E-state index in [2.05, 4.69) is 11.1 Å². The van der Waals surface area contributed by atoms with E-state index in [0.717, 1.165) is 22.3 Å². The molecule has 1 heterocycles. The molecule has 116 valence electrons. The largest absolute Gasteiger partial charge is 0.293 e. The fourth-order valence-electron chi connectivity index (χ4n) is 2.63. The number of carbonyl (C=O) groups is 1. The molecule has 0 aliphatic heterocycles. The van der Waals surface area contributed by atoms with Gasteiger partial charge in [0.25, 0.3) is 0 Å². The van der Waals surface area contributed by atoms with Gasteiger partial charge in [0.2, 0.25) is 0 Å². The summed E-state index contributed by atoms with van der Waals surface area (Å²) in [4.78, 5) is 16.5. The number of ketones is 1. The van der Waals surface area contributed by atoms with E-state index < -0.39 is 0 Å². The van der Waals surface area contributed by atoms with Gasteiger partial charge in [0.15, 0.2) is 5.78 Å². The standard InChI is InChI=1S/C21H16N2O/c1-14-8-10-17(11-9-14)20-12-18(16-6-4-3-5-7-16)19(13-22)21(23-20)15(2)24/h3-12H,1-2H3. The van der Waals surface area contributed by atoms with E-state index in [0.29, 0.717) is 11.3 Å². The Bertz CT molecular complexity index is 936. The van der Waals surface area contributed by atoms with Gasteiger partial charge in [-0.2, -0.15) is 5.26 Å². The predicted octanol–water partition coefficient (Wildman–Crippen LogP) is 4.80. The third-order valence-corrected chi connectivity index (χ3v) is 3.90. The van der Waals surface area contributed by atoms with Crippen molar-refractivity contribution in [2.24, 2.45) is 0 Å². The highest BCUT2D eigenvalue weighted by Gasteiger charge is 2.17. The molecule has 3 aromatic rings. The van der Waals surface area contributed by atoms with Crippen LogP contribution in [-0.4, -0.2) is 10.8 Å². The highest BCUT2D eigenvalue weighted by molar-refractivity contribution is 5.98. The average molecular weight is 312 g/mol. The maximum atomic E-state index is 12.0. The van der Waals surface area contributed by atoms with Crippen molar-refractivity contribution in [1.82, 2.24) is 4.98 Å². The Hall–Kier alpha value is -3.25. The lowest BCUT2D eigenvalue weighted by molar-refractivity contribution is 0.101. The van der Waals surface area contributed by atoms with Crippen LogP contribution in [0.5, 0.6) is 0 Å². The number of aromatic nitrogens is 1. The van der Waals surface area contributed by atoms with Gasteiger partial charge in [-0.15, -0.1) is 0 Å². The summed E-state index contributed by atoms with van der Waals surface area (Å²) >= 11 is 0. The first-order chi connectivity index (χ1) is 11.6. The van der Waals surface area contributed by atoms with Crippen LogP contribution in [0.1, 0.15) is 28.5 Å². The van der Waals surface area contributed by atoms with Gasteiger partial charge in [-0.05, 0) is 18.6 Å². The van der Waals surface area contributed by atoms with E-state index in [4.69, 9.17) is 0 Å². The second kappa shape index (κ2) is 6.47. The van der Waals surface area contributed by atoms with Crippen LogP contribution < -0.4 is 0 Å². The van der Waals surface area contributed by atoms with Gasteiger partial charge in [-0.3, -0.25) is 4.79 Å². The smallest absolute Gasteiger partial charge is 0.179 e. The third kappa shape index (κ3) is 2.95. The lowest BCUT2D eigenvalue weighted by atomic mass is 9.95. The first kappa shape index (κ1) is 15.6. The molecule has 0 saturated carbocycles. The maximum absolute atomic E-state index is 12.0. The van der Waals surface area contributed by atoms with Gasteiger partial charge in [-0.1, -0.05) is 60.2 Å². The molecule has 0 unspecified atom stereocenters. The van der Waals surface area contributed by atoms with E-state index in [1.807, 2.05) is 67.6 Å². The lowest BCUT2D eigenvalue weighted by Crippen LogP contribution is -2.04. The Kier molecular flexibility index (Phi) is 4.22. The molecule has 0 amide bonds. The number of rotatable bonds is 3. The minimum atomic E-state index is -0.210. The Morgan fingerprint density at radius 3 is 2.25 bits per heavy atom. The molecular weight excluding hydrogens is 296 g/mol. The number of hydrogen-bond acceptors (Lipinski definition) is 3. The maximum Gasteiger partial charge on any atom is 0.179 e. The summed E-state index contributed by atoms with van der Waals surface area (Å²) in [6.07, 6.45) is 0. The molecule has 24 heavy (non-hydrogen) atoms. The van der Waals surface area contributed by atoms with Gasteiger partial charge >= 0.3 is 0 Å². The fraction of sp³-hybridized carbons (Fsp3) is 0.0952. The molecule has 3 rings (SSSR count). The zero-order chi connectivity index (χ0) is 17.1. The molecule has 0 aliphatic carbocycles. The van der Waals surface area contributed by atoms with E-state index in [1.54, 1.807) is 0 Å². The Balaban J connectivity index is 2.29. The molecule has 0 bridgehead atoms.